The first kappa shape index (κ1) is 15.0. The molecule has 0 unspecified atom stereocenters. The summed E-state index contributed by atoms with van der Waals surface area (Å²) in [6, 6.07) is 10.5. The second-order valence-corrected chi connectivity index (χ2v) is 6.80. The van der Waals surface area contributed by atoms with Crippen LogP contribution in [0.5, 0.6) is 0 Å². The number of hydrogen-bond donors (Lipinski definition) is 1. The van der Waals surface area contributed by atoms with E-state index >= 15 is 0 Å². The van der Waals surface area contributed by atoms with Gasteiger partial charge in [-0.25, -0.2) is 8.42 Å². The number of sulfone groups is 1. The van der Waals surface area contributed by atoms with Crippen LogP contribution >= 0.6 is 11.6 Å². The van der Waals surface area contributed by atoms with Crippen LogP contribution in [0.25, 0.3) is 0 Å². The maximum atomic E-state index is 11.7. The van der Waals surface area contributed by atoms with Crippen molar-refractivity contribution in [3.63, 3.8) is 0 Å². The SMILES string of the molecule is CS(=O)(=O)c1cccc(Cl)c1CNCc1ccccn1. The molecule has 0 atom stereocenters. The van der Waals surface area contributed by atoms with Crippen molar-refractivity contribution in [3.05, 3.63) is 58.9 Å². The van der Waals surface area contributed by atoms with Crippen molar-refractivity contribution in [1.29, 1.82) is 0 Å². The van der Waals surface area contributed by atoms with E-state index in [1.165, 1.54) is 6.26 Å². The molecule has 1 N–H and O–H groups in total. The number of aromatic nitrogens is 1. The van der Waals surface area contributed by atoms with Crippen molar-refractivity contribution >= 4 is 21.4 Å². The molecule has 1 aromatic heterocycles. The van der Waals surface area contributed by atoms with E-state index in [-0.39, 0.29) is 4.90 Å². The van der Waals surface area contributed by atoms with Gasteiger partial charge in [0.25, 0.3) is 0 Å². The lowest BCUT2D eigenvalue weighted by Crippen LogP contribution is -2.16. The monoisotopic (exact) mass is 310 g/mol. The highest BCUT2D eigenvalue weighted by atomic mass is 35.5. The van der Waals surface area contributed by atoms with Gasteiger partial charge in [-0.15, -0.1) is 0 Å². The van der Waals surface area contributed by atoms with Gasteiger partial charge in [0.15, 0.2) is 9.84 Å². The molecule has 0 aliphatic heterocycles. The highest BCUT2D eigenvalue weighted by Crippen LogP contribution is 2.23. The lowest BCUT2D eigenvalue weighted by Gasteiger charge is -2.11. The number of halogens is 1. The Morgan fingerprint density at radius 1 is 1.15 bits per heavy atom. The molecule has 0 radical (unpaired) electrons. The quantitative estimate of drug-likeness (QED) is 0.921. The molecular weight excluding hydrogens is 296 g/mol. The summed E-state index contributed by atoms with van der Waals surface area (Å²) < 4.78 is 23.5. The number of pyridine rings is 1. The normalized spacial score (nSPS) is 11.5. The largest absolute Gasteiger partial charge is 0.307 e. The van der Waals surface area contributed by atoms with E-state index in [0.717, 1.165) is 5.69 Å². The van der Waals surface area contributed by atoms with Gasteiger partial charge in [-0.05, 0) is 24.3 Å². The third-order valence-corrected chi connectivity index (χ3v) is 4.34. The molecular formula is C14H15ClN2O2S. The summed E-state index contributed by atoms with van der Waals surface area (Å²) >= 11 is 6.10. The summed E-state index contributed by atoms with van der Waals surface area (Å²) in [6.45, 7) is 0.925. The first-order valence-corrected chi connectivity index (χ1v) is 8.33. The van der Waals surface area contributed by atoms with Crippen LogP contribution in [0.4, 0.5) is 0 Å². The Hall–Kier alpha value is -1.43. The van der Waals surface area contributed by atoms with Crippen LogP contribution in [0.1, 0.15) is 11.3 Å². The van der Waals surface area contributed by atoms with Gasteiger partial charge in [0, 0.05) is 36.1 Å². The summed E-state index contributed by atoms with van der Waals surface area (Å²) in [5.41, 5.74) is 1.48. The number of rotatable bonds is 5. The molecule has 0 aliphatic carbocycles. The summed E-state index contributed by atoms with van der Waals surface area (Å²) in [4.78, 5) is 4.45. The van der Waals surface area contributed by atoms with Gasteiger partial charge < -0.3 is 5.32 Å². The number of benzene rings is 1. The predicted molar refractivity (Wildman–Crippen MR) is 79.3 cm³/mol. The standard InChI is InChI=1S/C14H15ClN2O2S/c1-20(18,19)14-7-4-6-13(15)12(14)10-16-9-11-5-2-3-8-17-11/h2-8,16H,9-10H2,1H3. The van der Waals surface area contributed by atoms with Crippen molar-refractivity contribution in [2.24, 2.45) is 0 Å². The second kappa shape index (κ2) is 6.35. The predicted octanol–water partition coefficient (Wildman–Crippen LogP) is 2.43. The van der Waals surface area contributed by atoms with Crippen molar-refractivity contribution in [2.45, 2.75) is 18.0 Å². The fourth-order valence-corrected chi connectivity index (χ4v) is 3.13. The molecule has 0 aliphatic rings. The molecule has 0 amide bonds. The molecule has 1 heterocycles. The Morgan fingerprint density at radius 3 is 2.60 bits per heavy atom. The fourth-order valence-electron chi connectivity index (χ4n) is 1.88. The van der Waals surface area contributed by atoms with Crippen LogP contribution in [0.15, 0.2) is 47.5 Å². The van der Waals surface area contributed by atoms with Crippen LogP contribution in [-0.4, -0.2) is 19.7 Å². The van der Waals surface area contributed by atoms with Crippen LogP contribution in [0, 0.1) is 0 Å². The average Bonchev–Trinajstić information content (AvgIpc) is 2.40. The Balaban J connectivity index is 2.14. The first-order chi connectivity index (χ1) is 9.48. The highest BCUT2D eigenvalue weighted by molar-refractivity contribution is 7.90. The highest BCUT2D eigenvalue weighted by Gasteiger charge is 2.15. The molecule has 4 nitrogen and oxygen atoms in total. The molecule has 0 saturated heterocycles. The van der Waals surface area contributed by atoms with Crippen molar-refractivity contribution in [2.75, 3.05) is 6.26 Å². The molecule has 6 heteroatoms. The minimum Gasteiger partial charge on any atom is -0.307 e. The Morgan fingerprint density at radius 2 is 1.95 bits per heavy atom. The molecule has 106 valence electrons. The van der Waals surface area contributed by atoms with Crippen LogP contribution in [-0.2, 0) is 22.9 Å². The zero-order valence-corrected chi connectivity index (χ0v) is 12.6. The van der Waals surface area contributed by atoms with E-state index in [4.69, 9.17) is 11.6 Å². The molecule has 0 bridgehead atoms. The third-order valence-electron chi connectivity index (χ3n) is 2.81. The first-order valence-electron chi connectivity index (χ1n) is 6.06. The molecule has 0 saturated carbocycles. The van der Waals surface area contributed by atoms with E-state index < -0.39 is 9.84 Å². The average molecular weight is 311 g/mol. The third kappa shape index (κ3) is 3.79. The Labute approximate surface area is 123 Å². The maximum absolute atomic E-state index is 11.7. The number of nitrogens with zero attached hydrogens (tertiary/aromatic N) is 1. The minimum atomic E-state index is -3.29. The number of hydrogen-bond acceptors (Lipinski definition) is 4. The van der Waals surface area contributed by atoms with Crippen LogP contribution in [0.3, 0.4) is 0 Å². The van der Waals surface area contributed by atoms with Gasteiger partial charge in [0.1, 0.15) is 0 Å². The zero-order valence-electron chi connectivity index (χ0n) is 11.0. The van der Waals surface area contributed by atoms with Gasteiger partial charge in [-0.3, -0.25) is 4.98 Å². The van der Waals surface area contributed by atoms with E-state index in [0.29, 0.717) is 23.7 Å². The lowest BCUT2D eigenvalue weighted by atomic mass is 10.2. The van der Waals surface area contributed by atoms with Crippen LogP contribution < -0.4 is 5.32 Å². The zero-order chi connectivity index (χ0) is 14.6. The molecule has 1 aromatic carbocycles. The molecule has 2 rings (SSSR count). The lowest BCUT2D eigenvalue weighted by molar-refractivity contribution is 0.598. The van der Waals surface area contributed by atoms with E-state index in [9.17, 15) is 8.42 Å². The molecule has 0 fully saturated rings. The van der Waals surface area contributed by atoms with Crippen LogP contribution in [0.2, 0.25) is 5.02 Å². The van der Waals surface area contributed by atoms with Gasteiger partial charge in [-0.2, -0.15) is 0 Å². The molecule has 0 spiro atoms. The summed E-state index contributed by atoms with van der Waals surface area (Å²) in [5, 5.41) is 3.61. The molecule has 2 aromatic rings. The van der Waals surface area contributed by atoms with Gasteiger partial charge in [-0.1, -0.05) is 23.7 Å². The topological polar surface area (TPSA) is 59.1 Å². The minimum absolute atomic E-state index is 0.263. The Kier molecular flexibility index (Phi) is 4.75. The van der Waals surface area contributed by atoms with Crippen molar-refractivity contribution < 1.29 is 8.42 Å². The van der Waals surface area contributed by atoms with Gasteiger partial charge in [0.2, 0.25) is 0 Å². The molecule has 20 heavy (non-hydrogen) atoms. The second-order valence-electron chi connectivity index (χ2n) is 4.41. The van der Waals surface area contributed by atoms with Gasteiger partial charge in [0.05, 0.1) is 10.6 Å². The summed E-state index contributed by atoms with van der Waals surface area (Å²) in [7, 11) is -3.29. The summed E-state index contributed by atoms with van der Waals surface area (Å²) in [6.07, 6.45) is 2.90. The smallest absolute Gasteiger partial charge is 0.175 e. The van der Waals surface area contributed by atoms with E-state index in [1.807, 2.05) is 18.2 Å². The summed E-state index contributed by atoms with van der Waals surface area (Å²) in [5.74, 6) is 0. The van der Waals surface area contributed by atoms with Gasteiger partial charge >= 0.3 is 0 Å². The van der Waals surface area contributed by atoms with Crippen molar-refractivity contribution in [1.82, 2.24) is 10.3 Å². The number of nitrogens with one attached hydrogen (secondary N) is 1. The fraction of sp³-hybridized carbons (Fsp3) is 0.214. The maximum Gasteiger partial charge on any atom is 0.175 e. The van der Waals surface area contributed by atoms with Crippen molar-refractivity contribution in [3.8, 4) is 0 Å². The van der Waals surface area contributed by atoms with E-state index in [2.05, 4.69) is 10.3 Å². The van der Waals surface area contributed by atoms with E-state index in [1.54, 1.807) is 24.4 Å². The Bertz CT molecular complexity index is 688.